The smallest absolute Gasteiger partial charge is 0.155 e. The van der Waals surface area contributed by atoms with Gasteiger partial charge in [0.25, 0.3) is 0 Å². The van der Waals surface area contributed by atoms with Gasteiger partial charge in [-0.15, -0.1) is 0 Å². The van der Waals surface area contributed by atoms with Crippen LogP contribution in [0.4, 0.5) is 0 Å². The molecule has 4 nitrogen and oxygen atoms in total. The van der Waals surface area contributed by atoms with E-state index in [1.807, 2.05) is 6.92 Å². The van der Waals surface area contributed by atoms with Crippen LogP contribution in [0.3, 0.4) is 0 Å². The fourth-order valence-electron chi connectivity index (χ4n) is 0.862. The molecule has 2 heterocycles. The second-order valence-corrected chi connectivity index (χ2v) is 3.14. The van der Waals surface area contributed by atoms with Crippen LogP contribution in [0.1, 0.15) is 6.92 Å². The highest BCUT2D eigenvalue weighted by Gasteiger charge is 2.25. The van der Waals surface area contributed by atoms with Crippen LogP contribution >= 0.6 is 0 Å². The molecule has 2 rings (SSSR count). The second-order valence-electron chi connectivity index (χ2n) is 3.14. The summed E-state index contributed by atoms with van der Waals surface area (Å²) in [4.78, 5) is 0. The molecule has 4 heteroatoms. The summed E-state index contributed by atoms with van der Waals surface area (Å²) in [7, 11) is 0. The van der Waals surface area contributed by atoms with Crippen molar-refractivity contribution in [3.05, 3.63) is 0 Å². The van der Waals surface area contributed by atoms with Gasteiger partial charge in [-0.3, -0.25) is 0 Å². The van der Waals surface area contributed by atoms with Gasteiger partial charge in [0.05, 0.1) is 26.4 Å². The maximum absolute atomic E-state index is 5.34. The van der Waals surface area contributed by atoms with Crippen LogP contribution in [0, 0.1) is 0 Å². The Morgan fingerprint density at radius 1 is 1.17 bits per heavy atom. The Kier molecular flexibility index (Phi) is 2.60. The van der Waals surface area contributed by atoms with Gasteiger partial charge in [-0.25, -0.2) is 0 Å². The van der Waals surface area contributed by atoms with Crippen molar-refractivity contribution in [2.75, 3.05) is 26.4 Å². The summed E-state index contributed by atoms with van der Waals surface area (Å²) >= 11 is 0. The minimum Gasteiger partial charge on any atom is -0.371 e. The third-order valence-corrected chi connectivity index (χ3v) is 1.84. The van der Waals surface area contributed by atoms with Crippen molar-refractivity contribution in [1.29, 1.82) is 0 Å². The molecule has 0 bridgehead atoms. The Balaban J connectivity index is 1.47. The molecule has 0 spiro atoms. The number of rotatable bonds is 6. The van der Waals surface area contributed by atoms with E-state index < -0.39 is 0 Å². The number of hydrogen-bond acceptors (Lipinski definition) is 4. The third kappa shape index (κ3) is 3.06. The Hall–Kier alpha value is -0.160. The summed E-state index contributed by atoms with van der Waals surface area (Å²) in [5, 5.41) is 0. The van der Waals surface area contributed by atoms with Crippen LogP contribution in [-0.4, -0.2) is 44.9 Å². The molecule has 2 unspecified atom stereocenters. The molecule has 70 valence electrons. The van der Waals surface area contributed by atoms with Gasteiger partial charge in [0.1, 0.15) is 12.2 Å². The molecule has 0 amide bonds. The van der Waals surface area contributed by atoms with Gasteiger partial charge >= 0.3 is 0 Å². The molecule has 0 radical (unpaired) electrons. The normalized spacial score (nSPS) is 34.8. The SMILES string of the molecule is CC(OCC1CO1)OCC1CO1. The predicted molar refractivity (Wildman–Crippen MR) is 40.8 cm³/mol. The minimum absolute atomic E-state index is 0.140. The predicted octanol–water partition coefficient (Wildman–Crippen LogP) is 0.163. The standard InChI is InChI=1S/C8H14O4/c1-6(9-2-7-4-11-7)10-3-8-5-12-8/h6-8H,2-5H2,1H3. The van der Waals surface area contributed by atoms with E-state index in [9.17, 15) is 0 Å². The fraction of sp³-hybridized carbons (Fsp3) is 1.00. The van der Waals surface area contributed by atoms with Crippen molar-refractivity contribution in [2.24, 2.45) is 0 Å². The zero-order valence-electron chi connectivity index (χ0n) is 7.19. The van der Waals surface area contributed by atoms with E-state index in [0.29, 0.717) is 25.4 Å². The second kappa shape index (κ2) is 3.70. The summed E-state index contributed by atoms with van der Waals surface area (Å²) in [5.74, 6) is 0. The molecule has 2 fully saturated rings. The zero-order chi connectivity index (χ0) is 8.39. The summed E-state index contributed by atoms with van der Waals surface area (Å²) in [6.07, 6.45) is 0.486. The van der Waals surface area contributed by atoms with Crippen LogP contribution in [0.5, 0.6) is 0 Å². The lowest BCUT2D eigenvalue weighted by Crippen LogP contribution is -2.18. The van der Waals surface area contributed by atoms with Crippen LogP contribution < -0.4 is 0 Å². The first-order valence-electron chi connectivity index (χ1n) is 4.31. The van der Waals surface area contributed by atoms with E-state index in [1.165, 1.54) is 0 Å². The van der Waals surface area contributed by atoms with Crippen LogP contribution in [0.25, 0.3) is 0 Å². The Morgan fingerprint density at radius 3 is 1.92 bits per heavy atom. The average molecular weight is 174 g/mol. The molecular weight excluding hydrogens is 160 g/mol. The van der Waals surface area contributed by atoms with Gasteiger partial charge < -0.3 is 18.9 Å². The molecule has 0 aromatic carbocycles. The van der Waals surface area contributed by atoms with Crippen molar-refractivity contribution in [2.45, 2.75) is 25.4 Å². The summed E-state index contributed by atoms with van der Waals surface area (Å²) in [5.41, 5.74) is 0. The molecular formula is C8H14O4. The van der Waals surface area contributed by atoms with Crippen molar-refractivity contribution >= 4 is 0 Å². The van der Waals surface area contributed by atoms with Gasteiger partial charge in [0, 0.05) is 0 Å². The third-order valence-electron chi connectivity index (χ3n) is 1.84. The van der Waals surface area contributed by atoms with E-state index in [0.717, 1.165) is 13.2 Å². The molecule has 2 saturated heterocycles. The first-order valence-corrected chi connectivity index (χ1v) is 4.31. The van der Waals surface area contributed by atoms with Crippen LogP contribution in [-0.2, 0) is 18.9 Å². The van der Waals surface area contributed by atoms with E-state index in [2.05, 4.69) is 0 Å². The number of ether oxygens (including phenoxy) is 4. The highest BCUT2D eigenvalue weighted by atomic mass is 16.7. The Bertz CT molecular complexity index is 126. The van der Waals surface area contributed by atoms with Gasteiger partial charge in [-0.05, 0) is 6.92 Å². The van der Waals surface area contributed by atoms with Crippen molar-refractivity contribution in [3.8, 4) is 0 Å². The van der Waals surface area contributed by atoms with Gasteiger partial charge in [-0.1, -0.05) is 0 Å². The fourth-order valence-corrected chi connectivity index (χ4v) is 0.862. The topological polar surface area (TPSA) is 43.5 Å². The zero-order valence-corrected chi connectivity index (χ0v) is 7.19. The van der Waals surface area contributed by atoms with Crippen molar-refractivity contribution < 1.29 is 18.9 Å². The van der Waals surface area contributed by atoms with E-state index in [1.54, 1.807) is 0 Å². The number of hydrogen-bond donors (Lipinski definition) is 0. The molecule has 0 aliphatic carbocycles. The monoisotopic (exact) mass is 174 g/mol. The minimum atomic E-state index is -0.140. The molecule has 2 atom stereocenters. The first kappa shape index (κ1) is 8.44. The van der Waals surface area contributed by atoms with E-state index in [4.69, 9.17) is 18.9 Å². The van der Waals surface area contributed by atoms with Crippen LogP contribution in [0.15, 0.2) is 0 Å². The summed E-state index contributed by atoms with van der Waals surface area (Å²) in [6, 6.07) is 0. The number of epoxide rings is 2. The maximum atomic E-state index is 5.34. The molecule has 12 heavy (non-hydrogen) atoms. The highest BCUT2D eigenvalue weighted by Crippen LogP contribution is 2.12. The average Bonchev–Trinajstić information content (AvgIpc) is 2.89. The van der Waals surface area contributed by atoms with E-state index >= 15 is 0 Å². The molecule has 2 aliphatic rings. The lowest BCUT2D eigenvalue weighted by Gasteiger charge is -2.11. The van der Waals surface area contributed by atoms with Gasteiger partial charge in [0.2, 0.25) is 0 Å². The highest BCUT2D eigenvalue weighted by molar-refractivity contribution is 4.68. The lowest BCUT2D eigenvalue weighted by molar-refractivity contribution is -0.135. The van der Waals surface area contributed by atoms with Crippen molar-refractivity contribution in [1.82, 2.24) is 0 Å². The maximum Gasteiger partial charge on any atom is 0.155 e. The first-order chi connectivity index (χ1) is 5.84. The molecule has 0 saturated carbocycles. The summed E-state index contributed by atoms with van der Waals surface area (Å²) < 4.78 is 20.7. The van der Waals surface area contributed by atoms with Gasteiger partial charge in [0.15, 0.2) is 6.29 Å². The molecule has 0 aromatic heterocycles. The quantitative estimate of drug-likeness (QED) is 0.425. The van der Waals surface area contributed by atoms with E-state index in [-0.39, 0.29) is 6.29 Å². The van der Waals surface area contributed by atoms with Gasteiger partial charge in [-0.2, -0.15) is 0 Å². The molecule has 0 N–H and O–H groups in total. The van der Waals surface area contributed by atoms with Crippen LogP contribution in [0.2, 0.25) is 0 Å². The lowest BCUT2D eigenvalue weighted by atomic mass is 10.5. The Labute approximate surface area is 71.7 Å². The summed E-state index contributed by atoms with van der Waals surface area (Å²) in [6.45, 7) is 4.85. The van der Waals surface area contributed by atoms with Crippen molar-refractivity contribution in [3.63, 3.8) is 0 Å². The Morgan fingerprint density at radius 2 is 1.58 bits per heavy atom. The molecule has 0 aromatic rings. The largest absolute Gasteiger partial charge is 0.371 e. The molecule has 2 aliphatic heterocycles.